The second-order valence-electron chi connectivity index (χ2n) is 2.41. The van der Waals surface area contributed by atoms with Crippen LogP contribution in [-0.2, 0) is 0 Å². The van der Waals surface area contributed by atoms with E-state index in [1.165, 1.54) is 4.53 Å². The zero-order valence-electron chi connectivity index (χ0n) is 10.1. The molecule has 0 fully saturated rings. The lowest BCUT2D eigenvalue weighted by Gasteiger charge is -1.78. The van der Waals surface area contributed by atoms with Gasteiger partial charge in [0.25, 0.3) is 0 Å². The summed E-state index contributed by atoms with van der Waals surface area (Å²) in [6, 6.07) is 0. The summed E-state index contributed by atoms with van der Waals surface area (Å²) in [4.78, 5) is 4.46. The number of hydrogen-bond donors (Lipinski definition) is 0. The molecule has 1 rings (SSSR count). The van der Waals surface area contributed by atoms with E-state index in [2.05, 4.69) is 17.3 Å². The molecule has 3 heteroatoms. The van der Waals surface area contributed by atoms with Crippen LogP contribution < -0.4 is 9.88 Å². The molecular weight excluding hydrogens is 222 g/mol. The van der Waals surface area contributed by atoms with Gasteiger partial charge in [-0.25, -0.2) is 4.98 Å². The summed E-state index contributed by atoms with van der Waals surface area (Å²) in [7, 11) is 0. The molecule has 1 aromatic rings. The minimum absolute atomic E-state index is 1.09. The molecule has 84 valence electrons. The van der Waals surface area contributed by atoms with Gasteiger partial charge in [-0.3, -0.25) is 0 Å². The minimum atomic E-state index is 1.09. The highest BCUT2D eigenvalue weighted by molar-refractivity contribution is 8.00. The Kier molecular flexibility index (Phi) is 8.43. The van der Waals surface area contributed by atoms with Crippen LogP contribution in [0.15, 0.2) is 16.5 Å². The Balaban J connectivity index is 0.000000921. The van der Waals surface area contributed by atoms with Crippen molar-refractivity contribution in [1.82, 2.24) is 4.98 Å². The molecule has 0 atom stereocenters. The number of thiazole rings is 1. The number of thioether (sulfide) groups is 1. The first-order chi connectivity index (χ1) is 7.31. The molecule has 0 aliphatic rings. The van der Waals surface area contributed by atoms with Gasteiger partial charge in [0.15, 0.2) is 4.34 Å². The van der Waals surface area contributed by atoms with Crippen molar-refractivity contribution in [3.8, 4) is 0 Å². The summed E-state index contributed by atoms with van der Waals surface area (Å²) in [5.74, 6) is 0. The first-order valence-corrected chi connectivity index (χ1v) is 7.16. The lowest BCUT2D eigenvalue weighted by atomic mass is 10.4. The largest absolute Gasteiger partial charge is 0.230 e. The van der Waals surface area contributed by atoms with Gasteiger partial charge in [0.1, 0.15) is 0 Å². The SMILES string of the molecule is CC.C\C=C/C=c1/sc(SC)n/c1=C/C. The van der Waals surface area contributed by atoms with Crippen molar-refractivity contribution in [1.29, 1.82) is 0 Å². The van der Waals surface area contributed by atoms with Crippen LogP contribution in [0, 0.1) is 0 Å². The molecule has 0 amide bonds. The van der Waals surface area contributed by atoms with Crippen LogP contribution in [0.5, 0.6) is 0 Å². The van der Waals surface area contributed by atoms with Gasteiger partial charge >= 0.3 is 0 Å². The maximum atomic E-state index is 4.46. The van der Waals surface area contributed by atoms with Crippen LogP contribution in [0.1, 0.15) is 27.7 Å². The highest BCUT2D eigenvalue weighted by atomic mass is 32.2. The average molecular weight is 241 g/mol. The maximum Gasteiger partial charge on any atom is 0.150 e. The molecule has 0 spiro atoms. The molecule has 0 unspecified atom stereocenters. The Morgan fingerprint density at radius 2 is 1.93 bits per heavy atom. The van der Waals surface area contributed by atoms with E-state index in [0.717, 1.165) is 9.69 Å². The molecule has 1 aromatic heterocycles. The fourth-order valence-corrected chi connectivity index (χ4v) is 2.46. The van der Waals surface area contributed by atoms with Crippen LogP contribution in [0.4, 0.5) is 0 Å². The molecule has 0 aliphatic carbocycles. The molecule has 0 N–H and O–H groups in total. The Bertz CT molecular complexity index is 402. The van der Waals surface area contributed by atoms with Gasteiger partial charge in [-0.1, -0.05) is 43.8 Å². The Hall–Kier alpha value is -0.540. The van der Waals surface area contributed by atoms with Crippen LogP contribution in [0.25, 0.3) is 12.2 Å². The standard InChI is InChI=1S/C10H13NS2.C2H6/c1-4-6-7-9-8(5-2)11-10(12-3)13-9;1-2/h4-7H,1-3H3;1-2H3/b6-4-,8-5+,9-7+;. The van der Waals surface area contributed by atoms with Crippen LogP contribution >= 0.6 is 23.1 Å². The minimum Gasteiger partial charge on any atom is -0.230 e. The predicted molar refractivity (Wildman–Crippen MR) is 73.9 cm³/mol. The molecule has 0 aliphatic heterocycles. The lowest BCUT2D eigenvalue weighted by molar-refractivity contribution is 1.19. The van der Waals surface area contributed by atoms with Gasteiger partial charge in [0.2, 0.25) is 0 Å². The smallest absolute Gasteiger partial charge is 0.150 e. The quantitative estimate of drug-likeness (QED) is 0.738. The maximum absolute atomic E-state index is 4.46. The topological polar surface area (TPSA) is 12.9 Å². The van der Waals surface area contributed by atoms with E-state index in [1.807, 2.05) is 45.9 Å². The number of hydrogen-bond acceptors (Lipinski definition) is 3. The predicted octanol–water partition coefficient (Wildman–Crippen LogP) is 3.05. The normalized spacial score (nSPS) is 13.1. The van der Waals surface area contributed by atoms with Crippen molar-refractivity contribution in [2.75, 3.05) is 6.26 Å². The first-order valence-electron chi connectivity index (χ1n) is 5.12. The lowest BCUT2D eigenvalue weighted by Crippen LogP contribution is -2.19. The van der Waals surface area contributed by atoms with Gasteiger partial charge < -0.3 is 0 Å². The van der Waals surface area contributed by atoms with Crippen LogP contribution in [-0.4, -0.2) is 11.2 Å². The van der Waals surface area contributed by atoms with Gasteiger partial charge in [-0.05, 0) is 26.2 Å². The molecule has 0 saturated carbocycles. The fraction of sp³-hybridized carbons (Fsp3) is 0.417. The van der Waals surface area contributed by atoms with E-state index in [0.29, 0.717) is 0 Å². The van der Waals surface area contributed by atoms with E-state index in [1.54, 1.807) is 23.1 Å². The summed E-state index contributed by atoms with van der Waals surface area (Å²) in [6.07, 6.45) is 10.3. The van der Waals surface area contributed by atoms with Gasteiger partial charge in [0, 0.05) is 0 Å². The van der Waals surface area contributed by atoms with Crippen molar-refractivity contribution in [3.05, 3.63) is 22.0 Å². The van der Waals surface area contributed by atoms with Crippen LogP contribution in [0.3, 0.4) is 0 Å². The monoisotopic (exact) mass is 241 g/mol. The van der Waals surface area contributed by atoms with Crippen molar-refractivity contribution >= 4 is 35.3 Å². The summed E-state index contributed by atoms with van der Waals surface area (Å²) in [5, 5.41) is 1.09. The average Bonchev–Trinajstić information content (AvgIpc) is 2.71. The number of allylic oxidation sites excluding steroid dienone is 2. The number of rotatable bonds is 2. The van der Waals surface area contributed by atoms with E-state index in [9.17, 15) is 0 Å². The number of aromatic nitrogens is 1. The Labute approximate surface area is 101 Å². The summed E-state index contributed by atoms with van der Waals surface area (Å²) < 4.78 is 2.37. The second kappa shape index (κ2) is 8.74. The van der Waals surface area contributed by atoms with Crippen molar-refractivity contribution in [2.45, 2.75) is 32.0 Å². The molecule has 0 saturated heterocycles. The summed E-state index contributed by atoms with van der Waals surface area (Å²) >= 11 is 3.43. The summed E-state index contributed by atoms with van der Waals surface area (Å²) in [6.45, 7) is 8.04. The van der Waals surface area contributed by atoms with Crippen molar-refractivity contribution < 1.29 is 0 Å². The molecule has 15 heavy (non-hydrogen) atoms. The molecule has 0 bridgehead atoms. The van der Waals surface area contributed by atoms with Crippen molar-refractivity contribution in [2.24, 2.45) is 0 Å². The Morgan fingerprint density at radius 3 is 2.40 bits per heavy atom. The van der Waals surface area contributed by atoms with Crippen molar-refractivity contribution in [3.63, 3.8) is 0 Å². The molecule has 1 nitrogen and oxygen atoms in total. The third-order valence-electron chi connectivity index (χ3n) is 1.55. The van der Waals surface area contributed by atoms with Gasteiger partial charge in [-0.2, -0.15) is 0 Å². The molecule has 0 radical (unpaired) electrons. The zero-order chi connectivity index (χ0) is 11.7. The fourth-order valence-electron chi connectivity index (χ4n) is 0.920. The van der Waals surface area contributed by atoms with E-state index in [4.69, 9.17) is 0 Å². The third-order valence-corrected chi connectivity index (χ3v) is 3.57. The number of nitrogens with zero attached hydrogens (tertiary/aromatic N) is 1. The van der Waals surface area contributed by atoms with Gasteiger partial charge in [-0.15, -0.1) is 11.3 Å². The Morgan fingerprint density at radius 1 is 1.27 bits per heavy atom. The highest BCUT2D eigenvalue weighted by Crippen LogP contribution is 2.11. The second-order valence-corrected chi connectivity index (χ2v) is 4.50. The molecule has 0 aromatic carbocycles. The van der Waals surface area contributed by atoms with E-state index in [-0.39, 0.29) is 0 Å². The van der Waals surface area contributed by atoms with Crippen LogP contribution in [0.2, 0.25) is 0 Å². The molecule has 1 heterocycles. The highest BCUT2D eigenvalue weighted by Gasteiger charge is 1.95. The third kappa shape index (κ3) is 4.67. The zero-order valence-corrected chi connectivity index (χ0v) is 11.7. The summed E-state index contributed by atoms with van der Waals surface area (Å²) in [5.41, 5.74) is 0. The van der Waals surface area contributed by atoms with E-state index >= 15 is 0 Å². The van der Waals surface area contributed by atoms with Gasteiger partial charge in [0.05, 0.1) is 9.88 Å². The first kappa shape index (κ1) is 14.5. The van der Waals surface area contributed by atoms with E-state index < -0.39 is 0 Å². The molecular formula is C12H19NS2.